The zero-order chi connectivity index (χ0) is 21.5. The lowest BCUT2D eigenvalue weighted by molar-refractivity contribution is 0.146. The number of aryl methyl sites for hydroxylation is 1. The van der Waals surface area contributed by atoms with Crippen LogP contribution in [0.3, 0.4) is 0 Å². The zero-order valence-electron chi connectivity index (χ0n) is 17.6. The summed E-state index contributed by atoms with van der Waals surface area (Å²) in [5, 5.41) is 3.55. The summed E-state index contributed by atoms with van der Waals surface area (Å²) < 4.78 is 10.8. The quantitative estimate of drug-likeness (QED) is 0.570. The van der Waals surface area contributed by atoms with Gasteiger partial charge in [-0.15, -0.1) is 0 Å². The number of amides is 1. The standard InChI is InChI=1S/C23H27N3O4/c1-4-26(5-2)18-8-9-19-16(3)20(22(27)30-21(19)13-18)10-12-29-23(28)25-15-17-7-6-11-24-14-17/h6-9,11,13-14H,4-5,10,12,15H2,1-3H3,(H,25,28). The number of fused-ring (bicyclic) bond motifs is 1. The van der Waals surface area contributed by atoms with E-state index in [2.05, 4.69) is 29.0 Å². The molecule has 0 atom stereocenters. The topological polar surface area (TPSA) is 84.7 Å². The van der Waals surface area contributed by atoms with Crippen molar-refractivity contribution in [3.05, 3.63) is 69.8 Å². The van der Waals surface area contributed by atoms with Gasteiger partial charge in [-0.1, -0.05) is 6.07 Å². The van der Waals surface area contributed by atoms with Crippen molar-refractivity contribution >= 4 is 22.7 Å². The fourth-order valence-corrected chi connectivity index (χ4v) is 3.43. The Hall–Kier alpha value is -3.35. The van der Waals surface area contributed by atoms with Crippen molar-refractivity contribution < 1.29 is 13.9 Å². The highest BCUT2D eigenvalue weighted by Crippen LogP contribution is 2.25. The van der Waals surface area contributed by atoms with Gasteiger partial charge in [-0.05, 0) is 50.1 Å². The summed E-state index contributed by atoms with van der Waals surface area (Å²) in [7, 11) is 0. The highest BCUT2D eigenvalue weighted by atomic mass is 16.5. The van der Waals surface area contributed by atoms with E-state index in [1.54, 1.807) is 18.5 Å². The molecule has 2 heterocycles. The molecule has 0 spiro atoms. The van der Waals surface area contributed by atoms with E-state index in [4.69, 9.17) is 9.15 Å². The lowest BCUT2D eigenvalue weighted by atomic mass is 10.0. The first-order valence-corrected chi connectivity index (χ1v) is 10.1. The van der Waals surface area contributed by atoms with Gasteiger partial charge in [0.05, 0.1) is 6.61 Å². The summed E-state index contributed by atoms with van der Waals surface area (Å²) >= 11 is 0. The number of hydrogen-bond acceptors (Lipinski definition) is 6. The molecular weight excluding hydrogens is 382 g/mol. The predicted octanol–water partition coefficient (Wildman–Crippen LogP) is 3.81. The van der Waals surface area contributed by atoms with Crippen molar-refractivity contribution in [1.29, 1.82) is 0 Å². The van der Waals surface area contributed by atoms with E-state index >= 15 is 0 Å². The lowest BCUT2D eigenvalue weighted by Gasteiger charge is -2.21. The first-order valence-electron chi connectivity index (χ1n) is 10.1. The minimum Gasteiger partial charge on any atom is -0.449 e. The molecule has 30 heavy (non-hydrogen) atoms. The zero-order valence-corrected chi connectivity index (χ0v) is 17.6. The molecule has 0 unspecified atom stereocenters. The third-order valence-corrected chi connectivity index (χ3v) is 5.14. The van der Waals surface area contributed by atoms with Gasteiger partial charge in [0.15, 0.2) is 0 Å². The summed E-state index contributed by atoms with van der Waals surface area (Å²) in [5.74, 6) is 0. The minimum absolute atomic E-state index is 0.0908. The van der Waals surface area contributed by atoms with Crippen LogP contribution < -0.4 is 15.8 Å². The first kappa shape index (κ1) is 21.4. The molecule has 0 aliphatic carbocycles. The van der Waals surface area contributed by atoms with E-state index in [9.17, 15) is 9.59 Å². The van der Waals surface area contributed by atoms with E-state index in [1.807, 2.05) is 31.2 Å². The Balaban J connectivity index is 1.65. The van der Waals surface area contributed by atoms with Crippen LogP contribution in [0.4, 0.5) is 10.5 Å². The minimum atomic E-state index is -0.537. The van der Waals surface area contributed by atoms with Crippen LogP contribution in [0.2, 0.25) is 0 Å². The van der Waals surface area contributed by atoms with Crippen molar-refractivity contribution in [3.63, 3.8) is 0 Å². The van der Waals surface area contributed by atoms with Gasteiger partial charge in [-0.25, -0.2) is 9.59 Å². The van der Waals surface area contributed by atoms with Gasteiger partial charge in [-0.3, -0.25) is 4.98 Å². The third kappa shape index (κ3) is 4.97. The van der Waals surface area contributed by atoms with Crippen LogP contribution >= 0.6 is 0 Å². The predicted molar refractivity (Wildman–Crippen MR) is 117 cm³/mol. The average Bonchev–Trinajstić information content (AvgIpc) is 2.76. The van der Waals surface area contributed by atoms with Crippen LogP contribution in [0.5, 0.6) is 0 Å². The molecule has 158 valence electrons. The summed E-state index contributed by atoms with van der Waals surface area (Å²) in [5.41, 5.74) is 3.46. The van der Waals surface area contributed by atoms with Crippen LogP contribution in [-0.2, 0) is 17.7 Å². The maximum absolute atomic E-state index is 12.5. The number of carbonyl (C=O) groups is 1. The van der Waals surface area contributed by atoms with E-state index in [-0.39, 0.29) is 6.61 Å². The van der Waals surface area contributed by atoms with Crippen LogP contribution in [0, 0.1) is 6.92 Å². The molecular formula is C23H27N3O4. The van der Waals surface area contributed by atoms with Gasteiger partial charge in [0.25, 0.3) is 0 Å². The second-order valence-corrected chi connectivity index (χ2v) is 6.95. The fourth-order valence-electron chi connectivity index (χ4n) is 3.43. The van der Waals surface area contributed by atoms with Gasteiger partial charge >= 0.3 is 11.7 Å². The Kier molecular flexibility index (Phi) is 7.06. The number of carbonyl (C=O) groups excluding carboxylic acids is 1. The average molecular weight is 409 g/mol. The van der Waals surface area contributed by atoms with Crippen LogP contribution in [0.15, 0.2) is 51.9 Å². The van der Waals surface area contributed by atoms with Crippen LogP contribution in [0.1, 0.15) is 30.5 Å². The maximum atomic E-state index is 12.5. The molecule has 0 aliphatic rings. The second kappa shape index (κ2) is 9.91. The molecule has 7 heteroatoms. The molecule has 3 aromatic rings. The lowest BCUT2D eigenvalue weighted by Crippen LogP contribution is -2.25. The van der Waals surface area contributed by atoms with Crippen LogP contribution in [0.25, 0.3) is 11.0 Å². The Morgan fingerprint density at radius 2 is 2.03 bits per heavy atom. The molecule has 1 aromatic carbocycles. The first-order chi connectivity index (χ1) is 14.5. The highest BCUT2D eigenvalue weighted by molar-refractivity contribution is 5.84. The molecule has 3 rings (SSSR count). The number of rotatable bonds is 8. The normalized spacial score (nSPS) is 10.8. The molecule has 0 bridgehead atoms. The van der Waals surface area contributed by atoms with E-state index in [0.717, 1.165) is 35.3 Å². The number of pyridine rings is 1. The number of hydrogen-bond donors (Lipinski definition) is 1. The highest BCUT2D eigenvalue weighted by Gasteiger charge is 2.14. The molecule has 0 radical (unpaired) electrons. The van der Waals surface area contributed by atoms with Gasteiger partial charge in [0.1, 0.15) is 5.58 Å². The number of alkyl carbamates (subject to hydrolysis) is 1. The van der Waals surface area contributed by atoms with Gasteiger partial charge in [0, 0.05) is 61.2 Å². The maximum Gasteiger partial charge on any atom is 0.407 e. The fraction of sp³-hybridized carbons (Fsp3) is 0.348. The number of nitrogens with one attached hydrogen (secondary N) is 1. The largest absolute Gasteiger partial charge is 0.449 e. The van der Waals surface area contributed by atoms with Crippen molar-refractivity contribution in [2.75, 3.05) is 24.6 Å². The molecule has 0 aliphatic heterocycles. The third-order valence-electron chi connectivity index (χ3n) is 5.14. The van der Waals surface area contributed by atoms with E-state index in [1.165, 1.54) is 0 Å². The van der Waals surface area contributed by atoms with Crippen molar-refractivity contribution in [2.45, 2.75) is 33.7 Å². The summed E-state index contributed by atoms with van der Waals surface area (Å²) in [4.78, 5) is 30.6. The number of aromatic nitrogens is 1. The van der Waals surface area contributed by atoms with Crippen molar-refractivity contribution in [2.24, 2.45) is 0 Å². The number of benzene rings is 1. The Morgan fingerprint density at radius 1 is 1.23 bits per heavy atom. The SMILES string of the molecule is CCN(CC)c1ccc2c(C)c(CCOC(=O)NCc3cccnc3)c(=O)oc2c1. The van der Waals surface area contributed by atoms with Gasteiger partial charge in [-0.2, -0.15) is 0 Å². The summed E-state index contributed by atoms with van der Waals surface area (Å²) in [6.45, 7) is 8.25. The Labute approximate surface area is 175 Å². The second-order valence-electron chi connectivity index (χ2n) is 6.95. The van der Waals surface area contributed by atoms with Crippen LogP contribution in [-0.4, -0.2) is 30.8 Å². The van der Waals surface area contributed by atoms with E-state index < -0.39 is 11.7 Å². The Morgan fingerprint density at radius 3 is 2.73 bits per heavy atom. The molecule has 0 saturated carbocycles. The summed E-state index contributed by atoms with van der Waals surface area (Å²) in [6, 6.07) is 9.58. The molecule has 0 fully saturated rings. The summed E-state index contributed by atoms with van der Waals surface area (Å²) in [6.07, 6.45) is 3.10. The molecule has 2 aromatic heterocycles. The van der Waals surface area contributed by atoms with Crippen molar-refractivity contribution in [3.8, 4) is 0 Å². The molecule has 7 nitrogen and oxygen atoms in total. The molecule has 1 N–H and O–H groups in total. The number of ether oxygens (including phenoxy) is 1. The molecule has 1 amide bonds. The molecule has 0 saturated heterocycles. The van der Waals surface area contributed by atoms with Gasteiger partial charge in [0.2, 0.25) is 0 Å². The Bertz CT molecular complexity index is 1060. The number of anilines is 1. The van der Waals surface area contributed by atoms with Gasteiger partial charge < -0.3 is 19.4 Å². The monoisotopic (exact) mass is 409 g/mol. The van der Waals surface area contributed by atoms with E-state index in [0.29, 0.717) is 24.1 Å². The van der Waals surface area contributed by atoms with Crippen molar-refractivity contribution in [1.82, 2.24) is 10.3 Å². The number of nitrogens with zero attached hydrogens (tertiary/aromatic N) is 2. The smallest absolute Gasteiger partial charge is 0.407 e.